The maximum Gasteiger partial charge on any atom is 0.507 e. The number of rotatable bonds is 3. The van der Waals surface area contributed by atoms with Crippen LogP contribution >= 0.6 is 0 Å². The molecule has 0 bridgehead atoms. The molecule has 0 amide bonds. The van der Waals surface area contributed by atoms with Crippen LogP contribution < -0.4 is 0 Å². The molecule has 0 aliphatic heterocycles. The third-order valence-electron chi connectivity index (χ3n) is 2.92. The first-order valence-electron chi connectivity index (χ1n) is 13.1. The lowest BCUT2D eigenvalue weighted by Crippen LogP contribution is -2.01. The summed E-state index contributed by atoms with van der Waals surface area (Å²) < 4.78 is 59.2. The van der Waals surface area contributed by atoms with Crippen molar-refractivity contribution in [2.24, 2.45) is 0 Å². The number of esters is 1. The van der Waals surface area contributed by atoms with Gasteiger partial charge in [0.15, 0.2) is 11.6 Å². The average molecular weight is 701 g/mol. The van der Waals surface area contributed by atoms with E-state index in [-0.39, 0.29) is 23.3 Å². The predicted molar refractivity (Wildman–Crippen MR) is 181 cm³/mol. The van der Waals surface area contributed by atoms with Gasteiger partial charge in [0.2, 0.25) is 0 Å². The molecule has 0 aliphatic rings. The molecule has 0 fully saturated rings. The normalized spacial score (nSPS) is 8.27. The lowest BCUT2D eigenvalue weighted by Gasteiger charge is -1.89. The second-order valence-corrected chi connectivity index (χ2v) is 12.8. The van der Waals surface area contributed by atoms with E-state index < -0.39 is 26.1 Å². The first kappa shape index (κ1) is 65.1. The van der Waals surface area contributed by atoms with Crippen LogP contribution in [-0.4, -0.2) is 108 Å². The summed E-state index contributed by atoms with van der Waals surface area (Å²) in [6.45, 7) is 19.8. The molecule has 0 spiro atoms. The van der Waals surface area contributed by atoms with Crippen molar-refractivity contribution >= 4 is 49.4 Å². The second kappa shape index (κ2) is 48.2. The highest BCUT2D eigenvalue weighted by molar-refractivity contribution is 7.89. The number of unbranched alkanes of at least 4 members (excludes halogenated alkanes) is 1. The Morgan fingerprint density at radius 1 is 0.511 bits per heavy atom. The van der Waals surface area contributed by atoms with Crippen LogP contribution in [0.2, 0.25) is 0 Å². The molecule has 0 rings (SSSR count). The van der Waals surface area contributed by atoms with E-state index >= 15 is 0 Å². The molecule has 0 aromatic rings. The molecule has 0 unspecified atom stereocenters. The highest BCUT2D eigenvalue weighted by Gasteiger charge is 1.94. The first-order chi connectivity index (χ1) is 20.0. The lowest BCUT2D eigenvalue weighted by molar-refractivity contribution is -0.138. The van der Waals surface area contributed by atoms with Crippen LogP contribution in [0, 0.1) is 0 Å². The van der Waals surface area contributed by atoms with Crippen LogP contribution in [0.25, 0.3) is 0 Å². The Hall–Kier alpha value is -2.69. The fourth-order valence-electron chi connectivity index (χ4n) is 0.0833. The van der Waals surface area contributed by atoms with Crippen molar-refractivity contribution in [1.82, 2.24) is 0 Å². The Kier molecular flexibility index (Phi) is 69.7. The maximum absolute atomic E-state index is 9.79. The zero-order valence-corrected chi connectivity index (χ0v) is 33.1. The minimum atomic E-state index is -3.16. The van der Waals surface area contributed by atoms with E-state index in [9.17, 15) is 40.8 Å². The maximum atomic E-state index is 9.79. The highest BCUT2D eigenvalue weighted by atomic mass is 32.2. The summed E-state index contributed by atoms with van der Waals surface area (Å²) in [5.74, 6) is -0.838. The number of carbonyl (C=O) groups excluding carboxylic acids is 5. The Balaban J connectivity index is -0.0000000466. The number of methoxy groups -OCH3 is 4. The number of Topliss-reactive ketones (excluding diaryl/α,β-unsaturated/α-hetero) is 3. The van der Waals surface area contributed by atoms with Crippen molar-refractivity contribution in [3.8, 4) is 0 Å². The molecule has 0 N–H and O–H groups in total. The van der Waals surface area contributed by atoms with Crippen molar-refractivity contribution in [1.29, 1.82) is 0 Å². The van der Waals surface area contributed by atoms with Gasteiger partial charge in [-0.1, -0.05) is 37.8 Å². The van der Waals surface area contributed by atoms with Crippen molar-refractivity contribution in [2.75, 3.05) is 61.4 Å². The summed E-state index contributed by atoms with van der Waals surface area (Å²) in [4.78, 5) is 48.4. The fourth-order valence-corrected chi connectivity index (χ4v) is 0.0833. The van der Waals surface area contributed by atoms with Crippen molar-refractivity contribution in [3.05, 3.63) is 11.1 Å². The Bertz CT molecular complexity index is 901. The molecular formula is C29H64O14S2. The van der Waals surface area contributed by atoms with E-state index in [0.717, 1.165) is 25.9 Å². The first-order valence-corrected chi connectivity index (χ1v) is 17.2. The van der Waals surface area contributed by atoms with Crippen LogP contribution in [0.1, 0.15) is 89.0 Å². The molecule has 45 heavy (non-hydrogen) atoms. The molecule has 0 aliphatic carbocycles. The molecule has 0 atom stereocenters. The van der Waals surface area contributed by atoms with E-state index in [0.29, 0.717) is 0 Å². The standard InChI is InChI=1S/C6H12.C4H6O2.C4H10.C3H6O3.C3H6O2.C3H6O.C2H6O3S.C2H6O2S.C2H6O/c1-5(2)6(3)4;1-3(5)4(2)6;1-3-4-2;1-5-3(4)6-2;1-3(4)5-2;1-3(2)4;1-5-6(2,3)4;1-5(2,3)4;1-3-2/h1-4H3;1-2H3;3-4H2,1-2H3;1-2H3;1-2H3;1-2H3;1-2H3;1-2H3;1-2H3. The molecule has 0 radical (unpaired) electrons. The summed E-state index contributed by atoms with van der Waals surface area (Å²) in [5.41, 5.74) is 2.85. The highest BCUT2D eigenvalue weighted by Crippen LogP contribution is 1.97. The number of hydrogen-bond donors (Lipinski definition) is 0. The van der Waals surface area contributed by atoms with Gasteiger partial charge in [-0.15, -0.1) is 0 Å². The van der Waals surface area contributed by atoms with E-state index in [1.54, 1.807) is 14.2 Å². The summed E-state index contributed by atoms with van der Waals surface area (Å²) in [5, 5.41) is 0. The van der Waals surface area contributed by atoms with Crippen molar-refractivity contribution < 1.29 is 63.9 Å². The van der Waals surface area contributed by atoms with Crippen molar-refractivity contribution in [3.63, 3.8) is 0 Å². The largest absolute Gasteiger partial charge is 0.507 e. The minimum absolute atomic E-state index is 0.167. The smallest absolute Gasteiger partial charge is 0.469 e. The van der Waals surface area contributed by atoms with Crippen LogP contribution in [0.15, 0.2) is 11.1 Å². The zero-order chi connectivity index (χ0) is 39.0. The van der Waals surface area contributed by atoms with Crippen molar-refractivity contribution in [2.45, 2.75) is 89.0 Å². The number of allylic oxidation sites excluding steroid dienone is 2. The van der Waals surface area contributed by atoms with Gasteiger partial charge in [-0.3, -0.25) is 18.6 Å². The van der Waals surface area contributed by atoms with Gasteiger partial charge in [0, 0.05) is 47.5 Å². The summed E-state index contributed by atoms with van der Waals surface area (Å²) in [7, 11) is 2.40. The summed E-state index contributed by atoms with van der Waals surface area (Å²) in [6, 6.07) is 0. The molecule has 14 nitrogen and oxygen atoms in total. The second-order valence-electron chi connectivity index (χ2n) is 8.80. The van der Waals surface area contributed by atoms with Gasteiger partial charge < -0.3 is 23.7 Å². The van der Waals surface area contributed by atoms with Crippen LogP contribution in [0.4, 0.5) is 4.79 Å². The van der Waals surface area contributed by atoms with Gasteiger partial charge in [0.05, 0.1) is 34.7 Å². The molecule has 0 saturated heterocycles. The molecular weight excluding hydrogens is 636 g/mol. The minimum Gasteiger partial charge on any atom is -0.469 e. The number of hydrogen-bond acceptors (Lipinski definition) is 14. The van der Waals surface area contributed by atoms with Gasteiger partial charge in [0.25, 0.3) is 10.1 Å². The molecule has 0 saturated carbocycles. The van der Waals surface area contributed by atoms with E-state index in [2.05, 4.69) is 64.7 Å². The summed E-state index contributed by atoms with van der Waals surface area (Å²) in [6.07, 6.45) is 5.29. The molecule has 16 heteroatoms. The average Bonchev–Trinajstić information content (AvgIpc) is 2.88. The van der Waals surface area contributed by atoms with Crippen LogP contribution in [-0.2, 0) is 62.3 Å². The van der Waals surface area contributed by atoms with Gasteiger partial charge in [-0.2, -0.15) is 8.42 Å². The molecule has 0 aromatic heterocycles. The predicted octanol–water partition coefficient (Wildman–Crippen LogP) is 5.02. The van der Waals surface area contributed by atoms with Gasteiger partial charge >= 0.3 is 12.1 Å². The number of ether oxygens (including phenoxy) is 4. The van der Waals surface area contributed by atoms with E-state index in [1.807, 2.05) is 0 Å². The fraction of sp³-hybridized carbons (Fsp3) is 0.759. The lowest BCUT2D eigenvalue weighted by atomic mass is 10.2. The SMILES string of the molecule is CC(=O)C(C)=O.CC(C)=C(C)C.CC(C)=O.CCCC.COC.COC(=O)OC.COC(C)=O.COS(C)(=O)=O.CS(C)(=O)=O. The third-order valence-corrected chi connectivity index (χ3v) is 3.52. The monoisotopic (exact) mass is 700 g/mol. The molecule has 276 valence electrons. The van der Waals surface area contributed by atoms with Crippen LogP contribution in [0.5, 0.6) is 0 Å². The van der Waals surface area contributed by atoms with E-state index in [4.69, 9.17) is 0 Å². The number of ketones is 3. The number of carbonyl (C=O) groups is 5. The Morgan fingerprint density at radius 3 is 0.667 bits per heavy atom. The van der Waals surface area contributed by atoms with Gasteiger partial charge in [-0.25, -0.2) is 13.2 Å². The Labute approximate surface area is 274 Å². The zero-order valence-electron chi connectivity index (χ0n) is 31.4. The summed E-state index contributed by atoms with van der Waals surface area (Å²) >= 11 is 0. The third kappa shape index (κ3) is 272. The quantitative estimate of drug-likeness (QED) is 0.164. The van der Waals surface area contributed by atoms with Gasteiger partial charge in [-0.05, 0) is 41.5 Å². The molecule has 0 aromatic carbocycles. The van der Waals surface area contributed by atoms with Gasteiger partial charge in [0.1, 0.15) is 15.6 Å². The molecule has 0 heterocycles. The van der Waals surface area contributed by atoms with E-state index in [1.165, 1.54) is 79.9 Å². The van der Waals surface area contributed by atoms with Crippen LogP contribution in [0.3, 0.4) is 0 Å². The number of sulfone groups is 1. The topological polar surface area (TPSA) is 200 Å². The Morgan fingerprint density at radius 2 is 0.667 bits per heavy atom.